The first-order valence-electron chi connectivity index (χ1n) is 16.6. The molecule has 3 aliphatic rings. The van der Waals surface area contributed by atoms with Crippen LogP contribution in [0.2, 0.25) is 0 Å². The van der Waals surface area contributed by atoms with E-state index in [1.807, 2.05) is 0 Å². The highest BCUT2D eigenvalue weighted by Crippen LogP contribution is 2.37. The zero-order valence-corrected chi connectivity index (χ0v) is 29.3. The zero-order chi connectivity index (χ0) is 33.8. The van der Waals surface area contributed by atoms with E-state index in [2.05, 4.69) is 81.4 Å². The molecule has 3 atom stereocenters. The minimum absolute atomic E-state index is 0.115. The average molecular weight is 667 g/mol. The third-order valence-corrected chi connectivity index (χ3v) is 10.5. The summed E-state index contributed by atoms with van der Waals surface area (Å²) in [6, 6.07) is 15.7. The van der Waals surface area contributed by atoms with Crippen molar-refractivity contribution in [2.45, 2.75) is 50.0 Å². The third-order valence-electron chi connectivity index (χ3n) is 9.87. The highest BCUT2D eigenvalue weighted by Gasteiger charge is 2.41. The van der Waals surface area contributed by atoms with Crippen LogP contribution in [0.5, 0.6) is 6.01 Å². The number of methoxy groups -OCH3 is 2. The molecule has 251 valence electrons. The molecule has 11 nitrogen and oxygen atoms in total. The van der Waals surface area contributed by atoms with Crippen molar-refractivity contribution in [3.05, 3.63) is 65.4 Å². The lowest BCUT2D eigenvalue weighted by Crippen LogP contribution is -2.64. The van der Waals surface area contributed by atoms with Crippen LogP contribution in [-0.2, 0) is 27.2 Å². The first-order chi connectivity index (χ1) is 23.2. The maximum atomic E-state index is 13.2. The minimum atomic E-state index is -0.900. The first-order valence-corrected chi connectivity index (χ1v) is 17.1. The number of likely N-dealkylation sites (tertiary alicyclic amines) is 1. The molecule has 2 saturated heterocycles. The van der Waals surface area contributed by atoms with E-state index in [-0.39, 0.29) is 24.5 Å². The van der Waals surface area contributed by atoms with Crippen molar-refractivity contribution < 1.29 is 19.0 Å². The van der Waals surface area contributed by atoms with Crippen LogP contribution in [0.1, 0.15) is 29.7 Å². The van der Waals surface area contributed by atoms with E-state index in [1.165, 1.54) is 28.1 Å². The Morgan fingerprint density at radius 3 is 2.71 bits per heavy atom. The number of anilines is 2. The smallest absolute Gasteiger partial charge is 0.318 e. The topological polar surface area (TPSA) is 107 Å². The summed E-state index contributed by atoms with van der Waals surface area (Å²) in [6.07, 6.45) is 5.13. The van der Waals surface area contributed by atoms with Crippen LogP contribution in [0.3, 0.4) is 0 Å². The fraction of sp³-hybridized carbons (Fsp3) is 0.500. The molecule has 4 heterocycles. The van der Waals surface area contributed by atoms with Crippen molar-refractivity contribution in [2.24, 2.45) is 0 Å². The summed E-state index contributed by atoms with van der Waals surface area (Å²) in [4.78, 5) is 31.9. The summed E-state index contributed by atoms with van der Waals surface area (Å²) in [5, 5.41) is 11.4. The number of amides is 1. The molecule has 0 spiro atoms. The number of hydrogen-bond acceptors (Lipinski definition) is 10. The first kappa shape index (κ1) is 33.9. The fourth-order valence-electron chi connectivity index (χ4n) is 7.29. The highest BCUT2D eigenvalue weighted by molar-refractivity contribution is 6.18. The fourth-order valence-corrected chi connectivity index (χ4v) is 7.78. The summed E-state index contributed by atoms with van der Waals surface area (Å²) >= 11 is 0. The van der Waals surface area contributed by atoms with Crippen molar-refractivity contribution >= 4 is 38.4 Å². The quantitative estimate of drug-likeness (QED) is 0.237. The van der Waals surface area contributed by atoms with Gasteiger partial charge in [-0.05, 0) is 43.8 Å². The molecule has 0 unspecified atom stereocenters. The minimum Gasteiger partial charge on any atom is -0.462 e. The lowest BCUT2D eigenvalue weighted by atomic mass is 9.99. The maximum absolute atomic E-state index is 13.2. The molecule has 1 aromatic heterocycles. The molecule has 2 fully saturated rings. The van der Waals surface area contributed by atoms with Crippen molar-refractivity contribution in [1.82, 2.24) is 19.8 Å². The molecule has 3 aromatic rings. The standard InChI is InChI=1S/C36H44N7O4Si/c1-25-8-5-9-26-10-6-11-31(33(25)26)41-16-13-29-30(22-41)38-35(47-23-27-20-28(46-4)21-40(27)2)39-34(29)42-17-18-43(32(44)12-7-19-45-3)36(48,24-42)14-15-37/h5-12,27-28H,13-14,16-24H2,1-4H3/b12-7+/t27-,28-,36+/m1/s1. The van der Waals surface area contributed by atoms with Crippen LogP contribution in [0.25, 0.3) is 10.8 Å². The van der Waals surface area contributed by atoms with Gasteiger partial charge in [-0.3, -0.25) is 9.69 Å². The number of hydrogen-bond donors (Lipinski definition) is 0. The van der Waals surface area contributed by atoms with E-state index in [1.54, 1.807) is 25.2 Å². The molecule has 2 aromatic carbocycles. The molecule has 6 rings (SSSR count). The Labute approximate surface area is 286 Å². The number of rotatable bonds is 10. The molecule has 12 heteroatoms. The molecule has 1 amide bonds. The SMILES string of the molecule is COC/C=C/C(=O)N1CCN(c2nc(OC[C@H]3C[C@@H](OC)CN3C)nc3c2CCN(c2cccc4cccc(C)c24)C3)C[C@@]1([Si])CC#N. The lowest BCUT2D eigenvalue weighted by Gasteiger charge is -2.48. The van der Waals surface area contributed by atoms with Crippen molar-refractivity contribution in [3.8, 4) is 12.1 Å². The molecular weight excluding hydrogens is 623 g/mol. The van der Waals surface area contributed by atoms with Gasteiger partial charge in [0.25, 0.3) is 0 Å². The van der Waals surface area contributed by atoms with Crippen molar-refractivity contribution in [1.29, 1.82) is 5.26 Å². The van der Waals surface area contributed by atoms with Gasteiger partial charge in [0.15, 0.2) is 0 Å². The number of aryl methyl sites for hydroxylation is 1. The van der Waals surface area contributed by atoms with Gasteiger partial charge in [-0.25, -0.2) is 0 Å². The predicted octanol–water partition coefficient (Wildman–Crippen LogP) is 3.23. The van der Waals surface area contributed by atoms with Gasteiger partial charge < -0.3 is 28.9 Å². The normalized spacial score (nSPS) is 23.1. The summed E-state index contributed by atoms with van der Waals surface area (Å²) in [6.45, 7) is 6.59. The van der Waals surface area contributed by atoms with Gasteiger partial charge >= 0.3 is 6.01 Å². The maximum Gasteiger partial charge on any atom is 0.318 e. The second-order valence-corrected chi connectivity index (χ2v) is 13.9. The van der Waals surface area contributed by atoms with E-state index in [0.717, 1.165) is 43.0 Å². The van der Waals surface area contributed by atoms with E-state index in [9.17, 15) is 10.1 Å². The van der Waals surface area contributed by atoms with Crippen LogP contribution in [0.15, 0.2) is 48.6 Å². The van der Waals surface area contributed by atoms with E-state index >= 15 is 0 Å². The molecule has 0 N–H and O–H groups in total. The number of fused-ring (bicyclic) bond motifs is 2. The Hall–Kier alpha value is -4.02. The van der Waals surface area contributed by atoms with Crippen LogP contribution in [0.4, 0.5) is 11.5 Å². The molecule has 48 heavy (non-hydrogen) atoms. The molecular formula is C36H44N7O4Si. The average Bonchev–Trinajstić information content (AvgIpc) is 3.45. The Morgan fingerprint density at radius 1 is 1.15 bits per heavy atom. The van der Waals surface area contributed by atoms with Gasteiger partial charge in [0.05, 0.1) is 52.8 Å². The number of ether oxygens (including phenoxy) is 3. The number of nitriles is 1. The molecule has 0 bridgehead atoms. The predicted molar refractivity (Wildman–Crippen MR) is 186 cm³/mol. The van der Waals surface area contributed by atoms with Gasteiger partial charge in [0.2, 0.25) is 5.91 Å². The van der Waals surface area contributed by atoms with Gasteiger partial charge in [-0.2, -0.15) is 15.2 Å². The van der Waals surface area contributed by atoms with Crippen molar-refractivity contribution in [2.75, 3.05) is 77.0 Å². The number of carbonyl (C=O) groups excluding carboxylic acids is 1. The lowest BCUT2D eigenvalue weighted by molar-refractivity contribution is -0.130. The molecule has 3 radical (unpaired) electrons. The number of piperazine rings is 1. The molecule has 3 aliphatic heterocycles. The largest absolute Gasteiger partial charge is 0.462 e. The van der Waals surface area contributed by atoms with Gasteiger partial charge in [-0.1, -0.05) is 36.4 Å². The van der Waals surface area contributed by atoms with E-state index < -0.39 is 5.16 Å². The van der Waals surface area contributed by atoms with E-state index in [0.29, 0.717) is 45.4 Å². The highest BCUT2D eigenvalue weighted by atomic mass is 28.1. The summed E-state index contributed by atoms with van der Waals surface area (Å²) in [5.74, 6) is 0.641. The van der Waals surface area contributed by atoms with Gasteiger partial charge in [0.1, 0.15) is 12.4 Å². The van der Waals surface area contributed by atoms with Crippen LogP contribution >= 0.6 is 0 Å². The number of likely N-dealkylation sites (N-methyl/N-ethyl adjacent to an activating group) is 1. The monoisotopic (exact) mass is 666 g/mol. The Balaban J connectivity index is 1.33. The van der Waals surface area contributed by atoms with Crippen LogP contribution in [0, 0.1) is 18.3 Å². The second kappa shape index (κ2) is 14.6. The van der Waals surface area contributed by atoms with Crippen molar-refractivity contribution in [3.63, 3.8) is 0 Å². The summed E-state index contributed by atoms with van der Waals surface area (Å²) in [5.41, 5.74) is 4.45. The Kier molecular flexibility index (Phi) is 10.3. The number of aromatic nitrogens is 2. The van der Waals surface area contributed by atoms with Gasteiger partial charge in [0, 0.05) is 75.7 Å². The number of benzene rings is 2. The Morgan fingerprint density at radius 2 is 1.96 bits per heavy atom. The molecule has 0 saturated carbocycles. The zero-order valence-electron chi connectivity index (χ0n) is 28.3. The van der Waals surface area contributed by atoms with Gasteiger partial charge in [-0.15, -0.1) is 0 Å². The van der Waals surface area contributed by atoms with Crippen LogP contribution in [-0.4, -0.2) is 120 Å². The number of nitrogens with zero attached hydrogens (tertiary/aromatic N) is 7. The third kappa shape index (κ3) is 6.91. The summed E-state index contributed by atoms with van der Waals surface area (Å²) in [7, 11) is 9.32. The number of carbonyl (C=O) groups is 1. The Bertz CT molecular complexity index is 1710. The van der Waals surface area contributed by atoms with E-state index in [4.69, 9.17) is 24.2 Å². The second-order valence-electron chi connectivity index (χ2n) is 13.0. The van der Waals surface area contributed by atoms with Crippen LogP contribution < -0.4 is 14.5 Å². The molecule has 0 aliphatic carbocycles. The summed E-state index contributed by atoms with van der Waals surface area (Å²) < 4.78 is 17.1.